The van der Waals surface area contributed by atoms with E-state index in [1.54, 1.807) is 6.07 Å². The van der Waals surface area contributed by atoms with Crippen molar-refractivity contribution in [3.05, 3.63) is 27.6 Å². The summed E-state index contributed by atoms with van der Waals surface area (Å²) < 4.78 is 13.6. The molecule has 0 unspecified atom stereocenters. The highest BCUT2D eigenvalue weighted by Gasteiger charge is 1.98. The predicted molar refractivity (Wildman–Crippen MR) is 51.8 cm³/mol. The fourth-order valence-corrected chi connectivity index (χ4v) is 1.27. The van der Waals surface area contributed by atoms with Gasteiger partial charge in [0.05, 0.1) is 12.4 Å². The molecule has 0 aromatic heterocycles. The molecule has 0 atom stereocenters. The molecule has 11 heavy (non-hydrogen) atoms. The highest BCUT2D eigenvalue weighted by atomic mass is 127. The summed E-state index contributed by atoms with van der Waals surface area (Å²) in [4.78, 5) is 0. The van der Waals surface area contributed by atoms with Gasteiger partial charge in [0, 0.05) is 3.57 Å². The first-order valence-corrected chi connectivity index (χ1v) is 4.21. The smallest absolute Gasteiger partial charge is 0.125 e. The molecule has 60 valence electrons. The Kier molecular flexibility index (Phi) is 3.07. The van der Waals surface area contributed by atoms with Crippen molar-refractivity contribution < 1.29 is 4.39 Å². The maximum atomic E-state index is 12.6. The second-order valence-electron chi connectivity index (χ2n) is 2.01. The van der Waals surface area contributed by atoms with Gasteiger partial charge in [-0.15, -0.1) is 0 Å². The fourth-order valence-electron chi connectivity index (χ4n) is 0.743. The van der Waals surface area contributed by atoms with Crippen molar-refractivity contribution >= 4 is 28.3 Å². The van der Waals surface area contributed by atoms with E-state index in [1.165, 1.54) is 12.1 Å². The van der Waals surface area contributed by atoms with Gasteiger partial charge in [0.2, 0.25) is 0 Å². The first-order valence-electron chi connectivity index (χ1n) is 3.13. The van der Waals surface area contributed by atoms with E-state index < -0.39 is 0 Å². The fraction of sp³-hybridized carbons (Fsp3) is 0.143. The molecule has 0 aliphatic heterocycles. The first kappa shape index (κ1) is 8.73. The number of benzene rings is 1. The summed E-state index contributed by atoms with van der Waals surface area (Å²) in [5.74, 6) is -0.249. The van der Waals surface area contributed by atoms with Crippen LogP contribution < -0.4 is 11.1 Å². The quantitative estimate of drug-likeness (QED) is 0.632. The maximum Gasteiger partial charge on any atom is 0.125 e. The number of hydrogen-bond donors (Lipinski definition) is 2. The first-order chi connectivity index (χ1) is 5.24. The van der Waals surface area contributed by atoms with Crippen LogP contribution in [0.25, 0.3) is 0 Å². The lowest BCUT2D eigenvalue weighted by molar-refractivity contribution is 0.628. The zero-order valence-electron chi connectivity index (χ0n) is 5.77. The molecule has 3 N–H and O–H groups in total. The molecule has 1 aromatic rings. The van der Waals surface area contributed by atoms with Crippen LogP contribution in [0.5, 0.6) is 0 Å². The van der Waals surface area contributed by atoms with Gasteiger partial charge in [-0.2, -0.15) is 0 Å². The summed E-state index contributed by atoms with van der Waals surface area (Å²) in [6, 6.07) is 4.55. The minimum Gasteiger partial charge on any atom is -0.372 e. The van der Waals surface area contributed by atoms with Crippen LogP contribution in [-0.2, 0) is 0 Å². The molecular weight excluding hydrogens is 258 g/mol. The summed E-state index contributed by atoms with van der Waals surface area (Å²) in [6.07, 6.45) is 0. The van der Waals surface area contributed by atoms with Gasteiger partial charge in [0.25, 0.3) is 0 Å². The van der Waals surface area contributed by atoms with Gasteiger partial charge in [-0.25, -0.2) is 4.39 Å². The van der Waals surface area contributed by atoms with Crippen molar-refractivity contribution in [2.24, 2.45) is 5.73 Å². The van der Waals surface area contributed by atoms with Gasteiger partial charge in [-0.3, -0.25) is 0 Å². The maximum absolute atomic E-state index is 12.6. The molecule has 0 amide bonds. The van der Waals surface area contributed by atoms with Gasteiger partial charge in [0.15, 0.2) is 0 Å². The van der Waals surface area contributed by atoms with Crippen LogP contribution in [-0.4, -0.2) is 6.67 Å². The Bertz CT molecular complexity index is 252. The zero-order chi connectivity index (χ0) is 8.27. The molecule has 0 spiro atoms. The van der Waals surface area contributed by atoms with Crippen LogP contribution in [0.2, 0.25) is 0 Å². The van der Waals surface area contributed by atoms with E-state index in [2.05, 4.69) is 27.9 Å². The number of hydrogen-bond acceptors (Lipinski definition) is 2. The van der Waals surface area contributed by atoms with Crippen LogP contribution >= 0.6 is 22.6 Å². The number of halogens is 2. The van der Waals surface area contributed by atoms with Crippen molar-refractivity contribution in [2.45, 2.75) is 0 Å². The van der Waals surface area contributed by atoms with E-state index in [0.29, 0.717) is 6.67 Å². The number of nitrogens with two attached hydrogens (primary N) is 1. The van der Waals surface area contributed by atoms with Gasteiger partial charge in [-0.1, -0.05) is 0 Å². The van der Waals surface area contributed by atoms with Crippen LogP contribution in [0.15, 0.2) is 18.2 Å². The molecule has 2 nitrogen and oxygen atoms in total. The highest BCUT2D eigenvalue weighted by Crippen LogP contribution is 2.18. The van der Waals surface area contributed by atoms with E-state index in [-0.39, 0.29) is 5.82 Å². The Hall–Kier alpha value is -0.360. The topological polar surface area (TPSA) is 38.0 Å². The van der Waals surface area contributed by atoms with Gasteiger partial charge < -0.3 is 11.1 Å². The number of nitrogens with one attached hydrogen (secondary N) is 1. The summed E-state index contributed by atoms with van der Waals surface area (Å²) in [6.45, 7) is 0.319. The minimum absolute atomic E-state index is 0.249. The number of anilines is 1. The molecule has 0 fully saturated rings. The third kappa shape index (κ3) is 2.30. The summed E-state index contributed by atoms with van der Waals surface area (Å²) >= 11 is 2.12. The Morgan fingerprint density at radius 3 is 2.91 bits per heavy atom. The lowest BCUT2D eigenvalue weighted by atomic mass is 10.3. The molecule has 0 saturated carbocycles. The minimum atomic E-state index is -0.249. The average Bonchev–Trinajstić information content (AvgIpc) is 1.98. The van der Waals surface area contributed by atoms with Crippen molar-refractivity contribution in [3.63, 3.8) is 0 Å². The largest absolute Gasteiger partial charge is 0.372 e. The Morgan fingerprint density at radius 2 is 2.27 bits per heavy atom. The molecule has 0 heterocycles. The molecular formula is C7H8FIN2. The normalized spacial score (nSPS) is 9.73. The average molecular weight is 266 g/mol. The lowest BCUT2D eigenvalue weighted by Gasteiger charge is -2.04. The monoisotopic (exact) mass is 266 g/mol. The molecule has 0 saturated heterocycles. The summed E-state index contributed by atoms with van der Waals surface area (Å²) in [5, 5.41) is 2.85. The van der Waals surface area contributed by atoms with Crippen molar-refractivity contribution in [3.8, 4) is 0 Å². The van der Waals surface area contributed by atoms with E-state index in [1.807, 2.05) is 0 Å². The molecule has 1 aromatic carbocycles. The lowest BCUT2D eigenvalue weighted by Crippen LogP contribution is -2.11. The molecule has 1 rings (SSSR count). The second-order valence-corrected chi connectivity index (χ2v) is 3.17. The van der Waals surface area contributed by atoms with E-state index in [0.717, 1.165) is 9.26 Å². The zero-order valence-corrected chi connectivity index (χ0v) is 7.93. The summed E-state index contributed by atoms with van der Waals surface area (Å²) in [7, 11) is 0. The standard InChI is InChI=1S/C7H8FIN2/c8-5-1-2-6(9)7(3-5)11-4-10/h1-3,11H,4,10H2. The Morgan fingerprint density at radius 1 is 1.55 bits per heavy atom. The van der Waals surface area contributed by atoms with Crippen molar-refractivity contribution in [1.82, 2.24) is 0 Å². The Balaban J connectivity index is 2.93. The van der Waals surface area contributed by atoms with Gasteiger partial charge >= 0.3 is 0 Å². The second kappa shape index (κ2) is 3.87. The predicted octanol–water partition coefficient (Wildman–Crippen LogP) is 1.76. The molecule has 0 aliphatic carbocycles. The third-order valence-corrected chi connectivity index (χ3v) is 2.16. The van der Waals surface area contributed by atoms with Crippen molar-refractivity contribution in [2.75, 3.05) is 12.0 Å². The van der Waals surface area contributed by atoms with Crippen LogP contribution in [0, 0.1) is 9.39 Å². The molecule has 0 bridgehead atoms. The van der Waals surface area contributed by atoms with Gasteiger partial charge in [0.1, 0.15) is 5.82 Å². The number of rotatable bonds is 2. The SMILES string of the molecule is NCNc1cc(F)ccc1I. The Labute approximate surface area is 78.1 Å². The van der Waals surface area contributed by atoms with E-state index in [4.69, 9.17) is 5.73 Å². The van der Waals surface area contributed by atoms with Crippen LogP contribution in [0.4, 0.5) is 10.1 Å². The van der Waals surface area contributed by atoms with E-state index in [9.17, 15) is 4.39 Å². The third-order valence-electron chi connectivity index (χ3n) is 1.22. The van der Waals surface area contributed by atoms with Crippen molar-refractivity contribution in [1.29, 1.82) is 0 Å². The van der Waals surface area contributed by atoms with E-state index >= 15 is 0 Å². The molecule has 0 aliphatic rings. The van der Waals surface area contributed by atoms with Crippen LogP contribution in [0.1, 0.15) is 0 Å². The molecule has 4 heteroatoms. The summed E-state index contributed by atoms with van der Waals surface area (Å²) in [5.41, 5.74) is 5.99. The molecule has 0 radical (unpaired) electrons. The van der Waals surface area contributed by atoms with Gasteiger partial charge in [-0.05, 0) is 40.8 Å². The van der Waals surface area contributed by atoms with Crippen LogP contribution in [0.3, 0.4) is 0 Å². The highest BCUT2D eigenvalue weighted by molar-refractivity contribution is 14.1.